The van der Waals surface area contributed by atoms with Gasteiger partial charge in [0.15, 0.2) is 11.5 Å². The monoisotopic (exact) mass is 285 g/mol. The Morgan fingerprint density at radius 2 is 1.81 bits per heavy atom. The number of carbonyl (C=O) groups excluding carboxylic acids is 1. The maximum Gasteiger partial charge on any atom is 0.255 e. The molecule has 0 aliphatic carbocycles. The van der Waals surface area contributed by atoms with Crippen molar-refractivity contribution in [2.24, 2.45) is 0 Å². The van der Waals surface area contributed by atoms with Crippen molar-refractivity contribution >= 4 is 11.6 Å². The largest absolute Gasteiger partial charge is 0.506 e. The lowest BCUT2D eigenvalue weighted by atomic mass is 10.1. The summed E-state index contributed by atoms with van der Waals surface area (Å²) in [6, 6.07) is 11.6. The lowest BCUT2D eigenvalue weighted by Gasteiger charge is -2.10. The SMILES string of the molecule is O=C(Nc1ccccc1O)c1ccc2c(c1)OCCCO2. The van der Waals surface area contributed by atoms with Crippen molar-refractivity contribution in [3.05, 3.63) is 48.0 Å². The van der Waals surface area contributed by atoms with E-state index in [9.17, 15) is 9.90 Å². The summed E-state index contributed by atoms with van der Waals surface area (Å²) >= 11 is 0. The van der Waals surface area contributed by atoms with Gasteiger partial charge in [-0.25, -0.2) is 0 Å². The van der Waals surface area contributed by atoms with Crippen molar-refractivity contribution in [3.63, 3.8) is 0 Å². The normalized spacial score (nSPS) is 13.3. The van der Waals surface area contributed by atoms with E-state index in [1.165, 1.54) is 6.07 Å². The van der Waals surface area contributed by atoms with Gasteiger partial charge in [0.05, 0.1) is 18.9 Å². The van der Waals surface area contributed by atoms with Crippen LogP contribution in [-0.2, 0) is 0 Å². The smallest absolute Gasteiger partial charge is 0.255 e. The first kappa shape index (κ1) is 13.3. The Morgan fingerprint density at radius 3 is 2.62 bits per heavy atom. The number of phenols is 1. The molecule has 1 heterocycles. The van der Waals surface area contributed by atoms with Crippen molar-refractivity contribution in [2.45, 2.75) is 6.42 Å². The maximum absolute atomic E-state index is 12.2. The molecular formula is C16H15NO4. The van der Waals surface area contributed by atoms with Crippen molar-refractivity contribution in [1.82, 2.24) is 0 Å². The highest BCUT2D eigenvalue weighted by atomic mass is 16.5. The first-order valence-electron chi connectivity index (χ1n) is 6.73. The van der Waals surface area contributed by atoms with Crippen molar-refractivity contribution < 1.29 is 19.4 Å². The van der Waals surface area contributed by atoms with E-state index in [2.05, 4.69) is 5.32 Å². The van der Waals surface area contributed by atoms with E-state index in [0.29, 0.717) is 36.0 Å². The Balaban J connectivity index is 1.82. The second-order valence-corrected chi connectivity index (χ2v) is 4.68. The molecule has 0 bridgehead atoms. The van der Waals surface area contributed by atoms with E-state index in [0.717, 1.165) is 6.42 Å². The number of para-hydroxylation sites is 2. The molecule has 1 amide bonds. The third-order valence-corrected chi connectivity index (χ3v) is 3.16. The van der Waals surface area contributed by atoms with Gasteiger partial charge in [-0.05, 0) is 30.3 Å². The number of benzene rings is 2. The molecule has 0 saturated carbocycles. The fraction of sp³-hybridized carbons (Fsp3) is 0.188. The van der Waals surface area contributed by atoms with Gasteiger partial charge in [0, 0.05) is 12.0 Å². The van der Waals surface area contributed by atoms with E-state index in [-0.39, 0.29) is 11.7 Å². The Bertz CT molecular complexity index is 669. The van der Waals surface area contributed by atoms with Crippen LogP contribution in [0.15, 0.2) is 42.5 Å². The fourth-order valence-electron chi connectivity index (χ4n) is 2.08. The number of anilines is 1. The van der Waals surface area contributed by atoms with Crippen LogP contribution in [0.25, 0.3) is 0 Å². The summed E-state index contributed by atoms with van der Waals surface area (Å²) in [4.78, 5) is 12.2. The molecule has 0 radical (unpaired) electrons. The summed E-state index contributed by atoms with van der Waals surface area (Å²) < 4.78 is 11.1. The number of phenolic OH excluding ortho intramolecular Hbond substituents is 1. The number of rotatable bonds is 2. The number of amides is 1. The molecule has 2 aromatic carbocycles. The van der Waals surface area contributed by atoms with Crippen LogP contribution in [0.1, 0.15) is 16.8 Å². The molecule has 3 rings (SSSR count). The lowest BCUT2D eigenvalue weighted by molar-refractivity contribution is 0.102. The molecule has 21 heavy (non-hydrogen) atoms. The van der Waals surface area contributed by atoms with E-state index >= 15 is 0 Å². The summed E-state index contributed by atoms with van der Waals surface area (Å²) in [5.74, 6) is 0.927. The number of ether oxygens (including phenoxy) is 2. The van der Waals surface area contributed by atoms with Gasteiger partial charge in [-0.1, -0.05) is 12.1 Å². The molecule has 2 N–H and O–H groups in total. The molecule has 0 saturated heterocycles. The summed E-state index contributed by atoms with van der Waals surface area (Å²) in [7, 11) is 0. The van der Waals surface area contributed by atoms with Crippen molar-refractivity contribution in [2.75, 3.05) is 18.5 Å². The third kappa shape index (κ3) is 2.91. The summed E-state index contributed by atoms with van der Waals surface area (Å²) in [6.07, 6.45) is 0.814. The van der Waals surface area contributed by atoms with Crippen LogP contribution in [0.3, 0.4) is 0 Å². The number of nitrogens with one attached hydrogen (secondary N) is 1. The average molecular weight is 285 g/mol. The van der Waals surface area contributed by atoms with Gasteiger partial charge >= 0.3 is 0 Å². The van der Waals surface area contributed by atoms with Gasteiger partial charge in [-0.15, -0.1) is 0 Å². The second-order valence-electron chi connectivity index (χ2n) is 4.68. The number of fused-ring (bicyclic) bond motifs is 1. The van der Waals surface area contributed by atoms with E-state index in [4.69, 9.17) is 9.47 Å². The van der Waals surface area contributed by atoms with E-state index in [1.54, 1.807) is 36.4 Å². The van der Waals surface area contributed by atoms with Crippen LogP contribution in [0.2, 0.25) is 0 Å². The minimum atomic E-state index is -0.313. The molecule has 0 aromatic heterocycles. The molecule has 0 unspecified atom stereocenters. The average Bonchev–Trinajstić information content (AvgIpc) is 2.74. The van der Waals surface area contributed by atoms with Gasteiger partial charge in [-0.3, -0.25) is 4.79 Å². The van der Waals surface area contributed by atoms with Gasteiger partial charge in [0.2, 0.25) is 0 Å². The quantitative estimate of drug-likeness (QED) is 0.833. The molecule has 5 nitrogen and oxygen atoms in total. The molecule has 1 aliphatic rings. The highest BCUT2D eigenvalue weighted by Gasteiger charge is 2.14. The van der Waals surface area contributed by atoms with Gasteiger partial charge in [0.1, 0.15) is 5.75 Å². The van der Waals surface area contributed by atoms with Crippen LogP contribution in [0, 0.1) is 0 Å². The molecular weight excluding hydrogens is 270 g/mol. The molecule has 0 fully saturated rings. The molecule has 5 heteroatoms. The minimum Gasteiger partial charge on any atom is -0.506 e. The number of aromatic hydroxyl groups is 1. The maximum atomic E-state index is 12.2. The zero-order valence-corrected chi connectivity index (χ0v) is 11.3. The Morgan fingerprint density at radius 1 is 1.05 bits per heavy atom. The first-order chi connectivity index (χ1) is 10.2. The number of carbonyl (C=O) groups is 1. The zero-order valence-electron chi connectivity index (χ0n) is 11.3. The number of hydrogen-bond acceptors (Lipinski definition) is 4. The van der Waals surface area contributed by atoms with E-state index < -0.39 is 0 Å². The Kier molecular flexibility index (Phi) is 3.64. The van der Waals surface area contributed by atoms with E-state index in [1.807, 2.05) is 0 Å². The molecule has 0 atom stereocenters. The van der Waals surface area contributed by atoms with Gasteiger partial charge < -0.3 is 19.9 Å². The lowest BCUT2D eigenvalue weighted by Crippen LogP contribution is -2.12. The minimum absolute atomic E-state index is 0.0280. The Labute approximate surface area is 122 Å². The number of hydrogen-bond donors (Lipinski definition) is 2. The highest BCUT2D eigenvalue weighted by Crippen LogP contribution is 2.31. The van der Waals surface area contributed by atoms with Gasteiger partial charge in [0.25, 0.3) is 5.91 Å². The molecule has 108 valence electrons. The predicted molar refractivity (Wildman–Crippen MR) is 78.1 cm³/mol. The molecule has 0 spiro atoms. The van der Waals surface area contributed by atoms with Crippen LogP contribution in [0.5, 0.6) is 17.2 Å². The zero-order chi connectivity index (χ0) is 14.7. The second kappa shape index (κ2) is 5.75. The third-order valence-electron chi connectivity index (χ3n) is 3.16. The molecule has 2 aromatic rings. The summed E-state index contributed by atoms with van der Waals surface area (Å²) in [6.45, 7) is 1.17. The van der Waals surface area contributed by atoms with Crippen molar-refractivity contribution in [3.8, 4) is 17.2 Å². The van der Waals surface area contributed by atoms with Gasteiger partial charge in [-0.2, -0.15) is 0 Å². The van der Waals surface area contributed by atoms with Crippen LogP contribution < -0.4 is 14.8 Å². The molecule has 1 aliphatic heterocycles. The standard InChI is InChI=1S/C16H15NO4/c18-13-5-2-1-4-12(13)17-16(19)11-6-7-14-15(10-11)21-9-3-8-20-14/h1-2,4-7,10,18H,3,8-9H2,(H,17,19). The topological polar surface area (TPSA) is 67.8 Å². The van der Waals surface area contributed by atoms with Crippen molar-refractivity contribution in [1.29, 1.82) is 0 Å². The first-order valence-corrected chi connectivity index (χ1v) is 6.73. The predicted octanol–water partition coefficient (Wildman–Crippen LogP) is 2.81. The summed E-state index contributed by atoms with van der Waals surface area (Å²) in [5.41, 5.74) is 0.817. The Hall–Kier alpha value is -2.69. The summed E-state index contributed by atoms with van der Waals surface area (Å²) in [5, 5.41) is 12.3. The van der Waals surface area contributed by atoms with Crippen LogP contribution >= 0.6 is 0 Å². The fourth-order valence-corrected chi connectivity index (χ4v) is 2.08. The van der Waals surface area contributed by atoms with Crippen LogP contribution in [0.4, 0.5) is 5.69 Å². The van der Waals surface area contributed by atoms with Crippen LogP contribution in [-0.4, -0.2) is 24.2 Å². The highest BCUT2D eigenvalue weighted by molar-refractivity contribution is 6.05.